The summed E-state index contributed by atoms with van der Waals surface area (Å²) < 4.78 is 13.9. The highest BCUT2D eigenvalue weighted by Crippen LogP contribution is 2.20. The van der Waals surface area contributed by atoms with Gasteiger partial charge < -0.3 is 16.0 Å². The van der Waals surface area contributed by atoms with Crippen molar-refractivity contribution in [1.82, 2.24) is 10.2 Å². The van der Waals surface area contributed by atoms with Gasteiger partial charge in [0.15, 0.2) is 0 Å². The monoisotopic (exact) mass is 418 g/mol. The first kappa shape index (κ1) is 21.1. The number of nitrogens with one attached hydrogen (secondary N) is 3. The summed E-state index contributed by atoms with van der Waals surface area (Å²) in [5.41, 5.74) is 0.850. The molecule has 1 saturated heterocycles. The summed E-state index contributed by atoms with van der Waals surface area (Å²) in [6.07, 6.45) is 1.46. The van der Waals surface area contributed by atoms with Crippen molar-refractivity contribution in [2.75, 3.05) is 23.7 Å². The molecule has 0 bridgehead atoms. The minimum Gasteiger partial charge on any atom is -0.335 e. The SMILES string of the molecule is CC(C(=O)Nc1ccc(Cl)cc1F)N1CCC(NC(=O)Nc2ccccc2)CC1. The zero-order valence-electron chi connectivity index (χ0n) is 16.1. The van der Waals surface area contributed by atoms with Crippen LogP contribution in [0, 0.1) is 5.82 Å². The molecule has 1 fully saturated rings. The summed E-state index contributed by atoms with van der Waals surface area (Å²) in [5.74, 6) is -0.843. The van der Waals surface area contributed by atoms with E-state index in [2.05, 4.69) is 16.0 Å². The van der Waals surface area contributed by atoms with E-state index in [1.54, 1.807) is 6.92 Å². The Labute approximate surface area is 174 Å². The van der Waals surface area contributed by atoms with Crippen molar-refractivity contribution in [3.63, 3.8) is 0 Å². The number of urea groups is 1. The summed E-state index contributed by atoms with van der Waals surface area (Å²) in [6, 6.07) is 12.8. The van der Waals surface area contributed by atoms with E-state index >= 15 is 0 Å². The molecule has 0 spiro atoms. The van der Waals surface area contributed by atoms with Gasteiger partial charge in [-0.25, -0.2) is 9.18 Å². The number of rotatable bonds is 5. The Balaban J connectivity index is 1.45. The molecule has 2 aromatic rings. The quantitative estimate of drug-likeness (QED) is 0.684. The zero-order valence-corrected chi connectivity index (χ0v) is 16.9. The number of benzene rings is 2. The Morgan fingerprint density at radius 3 is 2.45 bits per heavy atom. The summed E-state index contributed by atoms with van der Waals surface area (Å²) in [4.78, 5) is 26.6. The smallest absolute Gasteiger partial charge is 0.319 e. The second-order valence-electron chi connectivity index (χ2n) is 7.06. The molecule has 8 heteroatoms. The van der Waals surface area contributed by atoms with Crippen LogP contribution in [0.5, 0.6) is 0 Å². The topological polar surface area (TPSA) is 73.5 Å². The van der Waals surface area contributed by atoms with Gasteiger partial charge in [0, 0.05) is 29.8 Å². The molecule has 154 valence electrons. The Morgan fingerprint density at radius 1 is 1.10 bits per heavy atom. The third kappa shape index (κ3) is 5.92. The van der Waals surface area contributed by atoms with E-state index in [4.69, 9.17) is 11.6 Å². The fourth-order valence-corrected chi connectivity index (χ4v) is 3.46. The number of piperidine rings is 1. The normalized spacial score (nSPS) is 16.1. The predicted octanol–water partition coefficient (Wildman–Crippen LogP) is 4.09. The molecule has 0 aromatic heterocycles. The molecule has 3 N–H and O–H groups in total. The Hall–Kier alpha value is -2.64. The van der Waals surface area contributed by atoms with Gasteiger partial charge in [-0.2, -0.15) is 0 Å². The number of para-hydroxylation sites is 1. The van der Waals surface area contributed by atoms with Crippen LogP contribution in [0.1, 0.15) is 19.8 Å². The number of hydrogen-bond acceptors (Lipinski definition) is 3. The van der Waals surface area contributed by atoms with Crippen molar-refractivity contribution in [2.24, 2.45) is 0 Å². The number of carbonyl (C=O) groups is 2. The van der Waals surface area contributed by atoms with E-state index in [9.17, 15) is 14.0 Å². The summed E-state index contributed by atoms with van der Waals surface area (Å²) in [5, 5.41) is 8.66. The Bertz CT molecular complexity index is 857. The lowest BCUT2D eigenvalue weighted by atomic mass is 10.0. The number of hydrogen-bond donors (Lipinski definition) is 3. The minimum absolute atomic E-state index is 0.0407. The zero-order chi connectivity index (χ0) is 20.8. The Kier molecular flexibility index (Phi) is 7.06. The van der Waals surface area contributed by atoms with Crippen LogP contribution in [0.3, 0.4) is 0 Å². The molecule has 29 heavy (non-hydrogen) atoms. The van der Waals surface area contributed by atoms with Crippen LogP contribution in [0.25, 0.3) is 0 Å². The van der Waals surface area contributed by atoms with E-state index in [1.807, 2.05) is 35.2 Å². The summed E-state index contributed by atoms with van der Waals surface area (Å²) in [6.45, 7) is 3.11. The first-order valence-electron chi connectivity index (χ1n) is 9.55. The predicted molar refractivity (Wildman–Crippen MR) is 113 cm³/mol. The number of halogens is 2. The molecule has 0 aliphatic carbocycles. The largest absolute Gasteiger partial charge is 0.335 e. The number of amides is 3. The van der Waals surface area contributed by atoms with Gasteiger partial charge in [-0.1, -0.05) is 29.8 Å². The van der Waals surface area contributed by atoms with Crippen LogP contribution in [0.15, 0.2) is 48.5 Å². The third-order valence-electron chi connectivity index (χ3n) is 5.01. The van der Waals surface area contributed by atoms with Crippen LogP contribution < -0.4 is 16.0 Å². The van der Waals surface area contributed by atoms with Crippen LogP contribution in [-0.2, 0) is 4.79 Å². The molecule has 1 unspecified atom stereocenters. The standard InChI is InChI=1S/C21H24ClFN4O2/c1-14(20(28)26-19-8-7-15(22)13-18(19)23)27-11-9-17(10-12-27)25-21(29)24-16-5-3-2-4-6-16/h2-8,13-14,17H,9-12H2,1H3,(H,26,28)(H2,24,25,29). The van der Waals surface area contributed by atoms with Crippen molar-refractivity contribution in [3.05, 3.63) is 59.4 Å². The highest BCUT2D eigenvalue weighted by molar-refractivity contribution is 6.30. The fourth-order valence-electron chi connectivity index (χ4n) is 3.30. The van der Waals surface area contributed by atoms with Gasteiger partial charge >= 0.3 is 6.03 Å². The second-order valence-corrected chi connectivity index (χ2v) is 7.50. The number of carbonyl (C=O) groups excluding carboxylic acids is 2. The van der Waals surface area contributed by atoms with E-state index in [0.717, 1.165) is 18.5 Å². The van der Waals surface area contributed by atoms with Gasteiger partial charge in [-0.3, -0.25) is 9.69 Å². The molecule has 1 atom stereocenters. The van der Waals surface area contributed by atoms with Crippen LogP contribution in [0.4, 0.5) is 20.6 Å². The van der Waals surface area contributed by atoms with Gasteiger partial charge in [0.1, 0.15) is 5.82 Å². The maximum Gasteiger partial charge on any atom is 0.319 e. The average molecular weight is 419 g/mol. The molecule has 1 aliphatic heterocycles. The van der Waals surface area contributed by atoms with Gasteiger partial charge in [0.05, 0.1) is 11.7 Å². The highest BCUT2D eigenvalue weighted by atomic mass is 35.5. The van der Waals surface area contributed by atoms with Crippen molar-refractivity contribution in [1.29, 1.82) is 0 Å². The van der Waals surface area contributed by atoms with E-state index in [0.29, 0.717) is 13.1 Å². The molecular weight excluding hydrogens is 395 g/mol. The minimum atomic E-state index is -0.564. The van der Waals surface area contributed by atoms with E-state index < -0.39 is 11.9 Å². The maximum atomic E-state index is 13.9. The summed E-state index contributed by atoms with van der Waals surface area (Å²) in [7, 11) is 0. The first-order valence-corrected chi connectivity index (χ1v) is 9.92. The average Bonchev–Trinajstić information content (AvgIpc) is 2.70. The van der Waals surface area contributed by atoms with Gasteiger partial charge in [0.25, 0.3) is 0 Å². The number of nitrogens with zero attached hydrogens (tertiary/aromatic N) is 1. The van der Waals surface area contributed by atoms with Gasteiger partial charge in [-0.05, 0) is 50.1 Å². The molecular formula is C21H24ClFN4O2. The van der Waals surface area contributed by atoms with E-state index in [1.165, 1.54) is 18.2 Å². The highest BCUT2D eigenvalue weighted by Gasteiger charge is 2.27. The molecule has 1 heterocycles. The van der Waals surface area contributed by atoms with Gasteiger partial charge in [-0.15, -0.1) is 0 Å². The van der Waals surface area contributed by atoms with Crippen LogP contribution >= 0.6 is 11.6 Å². The van der Waals surface area contributed by atoms with Crippen molar-refractivity contribution in [2.45, 2.75) is 31.8 Å². The Morgan fingerprint density at radius 2 is 1.79 bits per heavy atom. The summed E-state index contributed by atoms with van der Waals surface area (Å²) >= 11 is 5.74. The first-order chi connectivity index (χ1) is 13.9. The molecule has 6 nitrogen and oxygen atoms in total. The lowest BCUT2D eigenvalue weighted by Gasteiger charge is -2.35. The van der Waals surface area contributed by atoms with Crippen molar-refractivity contribution >= 4 is 34.9 Å². The molecule has 0 radical (unpaired) electrons. The van der Waals surface area contributed by atoms with Crippen molar-refractivity contribution < 1.29 is 14.0 Å². The molecule has 0 saturated carbocycles. The third-order valence-corrected chi connectivity index (χ3v) is 5.25. The van der Waals surface area contributed by atoms with Crippen molar-refractivity contribution in [3.8, 4) is 0 Å². The molecule has 3 amide bonds. The lowest BCUT2D eigenvalue weighted by molar-refractivity contribution is -0.121. The lowest BCUT2D eigenvalue weighted by Crippen LogP contribution is -2.51. The number of anilines is 2. The van der Waals surface area contributed by atoms with E-state index in [-0.39, 0.29) is 28.7 Å². The van der Waals surface area contributed by atoms with Gasteiger partial charge in [0.2, 0.25) is 5.91 Å². The van der Waals surface area contributed by atoms with Crippen LogP contribution in [0.2, 0.25) is 5.02 Å². The molecule has 2 aromatic carbocycles. The maximum absolute atomic E-state index is 13.9. The van der Waals surface area contributed by atoms with Crippen LogP contribution in [-0.4, -0.2) is 42.0 Å². The number of likely N-dealkylation sites (tertiary alicyclic amines) is 1. The fraction of sp³-hybridized carbons (Fsp3) is 0.333. The molecule has 1 aliphatic rings. The second kappa shape index (κ2) is 9.71. The molecule has 3 rings (SSSR count).